The van der Waals surface area contributed by atoms with E-state index in [9.17, 15) is 0 Å². The Morgan fingerprint density at radius 1 is 0.926 bits per heavy atom. The molecule has 1 saturated heterocycles. The van der Waals surface area contributed by atoms with E-state index in [1.165, 1.54) is 0 Å². The summed E-state index contributed by atoms with van der Waals surface area (Å²) in [5.41, 5.74) is 2.19. The number of halogens is 1. The number of hydrogen-bond acceptors (Lipinski definition) is 5. The predicted molar refractivity (Wildman–Crippen MR) is 111 cm³/mol. The van der Waals surface area contributed by atoms with E-state index in [2.05, 4.69) is 38.3 Å². The molecular formula is C21H27BrN2O3. The van der Waals surface area contributed by atoms with Crippen molar-refractivity contribution in [1.82, 2.24) is 10.2 Å². The molecule has 0 saturated carbocycles. The lowest BCUT2D eigenvalue weighted by molar-refractivity contribution is 0.230. The van der Waals surface area contributed by atoms with E-state index in [0.29, 0.717) is 0 Å². The summed E-state index contributed by atoms with van der Waals surface area (Å²) >= 11 is 3.63. The number of para-hydroxylation sites is 1. The van der Waals surface area contributed by atoms with Crippen LogP contribution in [-0.2, 0) is 0 Å². The van der Waals surface area contributed by atoms with Gasteiger partial charge in [-0.05, 0) is 37.2 Å². The molecule has 1 unspecified atom stereocenters. The fraction of sp³-hybridized carbons (Fsp3) is 0.429. The van der Waals surface area contributed by atoms with Gasteiger partial charge in [0.25, 0.3) is 0 Å². The molecule has 5 nitrogen and oxygen atoms in total. The van der Waals surface area contributed by atoms with Crippen molar-refractivity contribution in [3.63, 3.8) is 0 Å². The van der Waals surface area contributed by atoms with Gasteiger partial charge >= 0.3 is 0 Å². The van der Waals surface area contributed by atoms with Crippen molar-refractivity contribution in [2.75, 3.05) is 47.5 Å². The molecule has 1 N–H and O–H groups in total. The molecule has 0 radical (unpaired) electrons. The Morgan fingerprint density at radius 2 is 1.74 bits per heavy atom. The van der Waals surface area contributed by atoms with Gasteiger partial charge < -0.3 is 19.5 Å². The summed E-state index contributed by atoms with van der Waals surface area (Å²) in [6.07, 6.45) is 1.10. The first-order valence-corrected chi connectivity index (χ1v) is 9.98. The van der Waals surface area contributed by atoms with Crippen molar-refractivity contribution < 1.29 is 14.2 Å². The number of benzene rings is 2. The molecule has 2 aromatic rings. The molecule has 1 aliphatic rings. The van der Waals surface area contributed by atoms with Crippen molar-refractivity contribution in [3.05, 3.63) is 52.0 Å². The van der Waals surface area contributed by atoms with Crippen LogP contribution in [0, 0.1) is 0 Å². The van der Waals surface area contributed by atoms with E-state index >= 15 is 0 Å². The minimum absolute atomic E-state index is 0.00222. The second kappa shape index (κ2) is 9.44. The lowest BCUT2D eigenvalue weighted by atomic mass is 9.94. The number of methoxy groups -OCH3 is 3. The Morgan fingerprint density at radius 3 is 2.48 bits per heavy atom. The van der Waals surface area contributed by atoms with E-state index in [-0.39, 0.29) is 6.04 Å². The van der Waals surface area contributed by atoms with Crippen molar-refractivity contribution in [1.29, 1.82) is 0 Å². The smallest absolute Gasteiger partial charge is 0.165 e. The third-order valence-electron chi connectivity index (χ3n) is 4.95. The van der Waals surface area contributed by atoms with Crippen LogP contribution in [0.1, 0.15) is 23.6 Å². The van der Waals surface area contributed by atoms with Gasteiger partial charge in [0.15, 0.2) is 11.5 Å². The van der Waals surface area contributed by atoms with Crippen LogP contribution in [0.3, 0.4) is 0 Å². The van der Waals surface area contributed by atoms with Crippen LogP contribution in [0.25, 0.3) is 0 Å². The third-order valence-corrected chi connectivity index (χ3v) is 5.45. The van der Waals surface area contributed by atoms with Crippen molar-refractivity contribution in [3.8, 4) is 17.2 Å². The van der Waals surface area contributed by atoms with E-state index in [1.807, 2.05) is 24.3 Å². The Labute approximate surface area is 169 Å². The zero-order valence-corrected chi connectivity index (χ0v) is 17.7. The highest BCUT2D eigenvalue weighted by Gasteiger charge is 2.29. The Hall–Kier alpha value is -1.76. The van der Waals surface area contributed by atoms with Gasteiger partial charge in [-0.2, -0.15) is 0 Å². The Bertz CT molecular complexity index is 761. The standard InChI is InChI=1S/C21H27BrN2O3/c1-25-18-9-8-15(22)14-17(18)20(24-12-5-10-23-11-13-24)16-6-4-7-19(26-2)21(16)27-3/h4,6-9,14,20,23H,5,10-13H2,1-3H3. The molecule has 0 amide bonds. The highest BCUT2D eigenvalue weighted by molar-refractivity contribution is 9.10. The fourth-order valence-electron chi connectivity index (χ4n) is 3.73. The molecule has 146 valence electrons. The fourth-order valence-corrected chi connectivity index (χ4v) is 4.11. The summed E-state index contributed by atoms with van der Waals surface area (Å²) in [6.45, 7) is 3.93. The summed E-state index contributed by atoms with van der Waals surface area (Å²) in [5, 5.41) is 3.49. The minimum Gasteiger partial charge on any atom is -0.496 e. The van der Waals surface area contributed by atoms with Crippen LogP contribution < -0.4 is 19.5 Å². The number of hydrogen-bond donors (Lipinski definition) is 1. The van der Waals surface area contributed by atoms with E-state index in [1.54, 1.807) is 21.3 Å². The summed E-state index contributed by atoms with van der Waals surface area (Å²) in [7, 11) is 5.09. The average molecular weight is 435 g/mol. The Balaban J connectivity index is 2.18. The second-order valence-electron chi connectivity index (χ2n) is 6.51. The van der Waals surface area contributed by atoms with Gasteiger partial charge in [0, 0.05) is 35.2 Å². The monoisotopic (exact) mass is 434 g/mol. The van der Waals surface area contributed by atoms with E-state index in [4.69, 9.17) is 14.2 Å². The zero-order valence-electron chi connectivity index (χ0n) is 16.1. The van der Waals surface area contributed by atoms with Crippen LogP contribution in [0.5, 0.6) is 17.2 Å². The van der Waals surface area contributed by atoms with Crippen molar-refractivity contribution in [2.24, 2.45) is 0 Å². The molecule has 1 fully saturated rings. The van der Waals surface area contributed by atoms with Crippen LogP contribution in [0.2, 0.25) is 0 Å². The van der Waals surface area contributed by atoms with Gasteiger partial charge in [-0.15, -0.1) is 0 Å². The molecular weight excluding hydrogens is 408 g/mol. The van der Waals surface area contributed by atoms with Gasteiger partial charge in [0.05, 0.1) is 27.4 Å². The largest absolute Gasteiger partial charge is 0.496 e. The van der Waals surface area contributed by atoms with Crippen LogP contribution in [0.15, 0.2) is 40.9 Å². The van der Waals surface area contributed by atoms with Gasteiger partial charge in [-0.25, -0.2) is 0 Å². The number of nitrogens with zero attached hydrogens (tertiary/aromatic N) is 1. The van der Waals surface area contributed by atoms with E-state index < -0.39 is 0 Å². The summed E-state index contributed by atoms with van der Waals surface area (Å²) in [6, 6.07) is 12.2. The summed E-state index contributed by atoms with van der Waals surface area (Å²) in [4.78, 5) is 2.49. The molecule has 2 aromatic carbocycles. The molecule has 6 heteroatoms. The molecule has 0 spiro atoms. The first-order chi connectivity index (χ1) is 13.2. The number of nitrogens with one attached hydrogen (secondary N) is 1. The van der Waals surface area contributed by atoms with Gasteiger partial charge in [-0.3, -0.25) is 4.90 Å². The van der Waals surface area contributed by atoms with Crippen molar-refractivity contribution in [2.45, 2.75) is 12.5 Å². The maximum atomic E-state index is 5.78. The molecule has 0 aliphatic carbocycles. The molecule has 1 heterocycles. The predicted octanol–water partition coefficient (Wildman–Crippen LogP) is 3.86. The first-order valence-electron chi connectivity index (χ1n) is 9.18. The topological polar surface area (TPSA) is 43.0 Å². The van der Waals surface area contributed by atoms with Crippen LogP contribution in [0.4, 0.5) is 0 Å². The third kappa shape index (κ3) is 4.39. The number of ether oxygens (including phenoxy) is 3. The highest BCUT2D eigenvalue weighted by Crippen LogP contribution is 2.43. The van der Waals surface area contributed by atoms with Crippen LogP contribution in [-0.4, -0.2) is 52.4 Å². The molecule has 3 rings (SSSR count). The average Bonchev–Trinajstić information content (AvgIpc) is 2.97. The lowest BCUT2D eigenvalue weighted by Gasteiger charge is -2.33. The normalized spacial score (nSPS) is 16.4. The van der Waals surface area contributed by atoms with E-state index in [0.717, 1.165) is 65.4 Å². The van der Waals surface area contributed by atoms with Gasteiger partial charge in [0.2, 0.25) is 0 Å². The minimum atomic E-state index is 0.00222. The first kappa shape index (κ1) is 20.0. The second-order valence-corrected chi connectivity index (χ2v) is 7.43. The molecule has 27 heavy (non-hydrogen) atoms. The summed E-state index contributed by atoms with van der Waals surface area (Å²) in [5.74, 6) is 2.37. The van der Waals surface area contributed by atoms with Gasteiger partial charge in [-0.1, -0.05) is 28.1 Å². The quantitative estimate of drug-likeness (QED) is 0.747. The zero-order chi connectivity index (χ0) is 19.2. The molecule has 0 bridgehead atoms. The number of rotatable bonds is 6. The molecule has 1 atom stereocenters. The van der Waals surface area contributed by atoms with Crippen molar-refractivity contribution >= 4 is 15.9 Å². The van der Waals surface area contributed by atoms with Gasteiger partial charge in [0.1, 0.15) is 5.75 Å². The SMILES string of the molecule is COc1ccc(Br)cc1C(c1cccc(OC)c1OC)N1CCCNCC1. The molecule has 0 aromatic heterocycles. The Kier molecular flexibility index (Phi) is 6.99. The lowest BCUT2D eigenvalue weighted by Crippen LogP contribution is -2.33. The maximum Gasteiger partial charge on any atom is 0.165 e. The highest BCUT2D eigenvalue weighted by atomic mass is 79.9. The van der Waals surface area contributed by atoms with Crippen LogP contribution >= 0.6 is 15.9 Å². The molecule has 1 aliphatic heterocycles. The maximum absolute atomic E-state index is 5.78. The summed E-state index contributed by atoms with van der Waals surface area (Å²) < 4.78 is 18.1.